The normalized spacial score (nSPS) is 16.8. The fourth-order valence-corrected chi connectivity index (χ4v) is 1.68. The molecule has 1 aliphatic heterocycles. The lowest BCUT2D eigenvalue weighted by atomic mass is 10.0. The van der Waals surface area contributed by atoms with E-state index in [-0.39, 0.29) is 12.7 Å². The molecule has 0 aliphatic carbocycles. The predicted octanol–water partition coefficient (Wildman–Crippen LogP) is 0.825. The monoisotopic (exact) mass is 244 g/mol. The number of carbonyl (C=O) groups is 1. The van der Waals surface area contributed by atoms with E-state index in [2.05, 4.69) is 5.32 Å². The van der Waals surface area contributed by atoms with Crippen molar-refractivity contribution in [1.29, 1.82) is 0 Å². The topological polar surface area (TPSA) is 61.8 Å². The van der Waals surface area contributed by atoms with E-state index in [1.165, 1.54) is 0 Å². The summed E-state index contributed by atoms with van der Waals surface area (Å²) in [6.45, 7) is 9.11. The van der Waals surface area contributed by atoms with Crippen molar-refractivity contribution < 1.29 is 14.6 Å². The lowest BCUT2D eigenvalue weighted by Crippen LogP contribution is -2.54. The van der Waals surface area contributed by atoms with Crippen molar-refractivity contribution in [1.82, 2.24) is 10.2 Å². The summed E-state index contributed by atoms with van der Waals surface area (Å²) in [5.41, 5.74) is -0.415. The summed E-state index contributed by atoms with van der Waals surface area (Å²) in [7, 11) is 0. The molecule has 5 heteroatoms. The molecule has 1 rings (SSSR count). The molecule has 0 aromatic carbocycles. The fourth-order valence-electron chi connectivity index (χ4n) is 1.68. The van der Waals surface area contributed by atoms with Crippen LogP contribution in [0.2, 0.25) is 0 Å². The Labute approximate surface area is 103 Å². The van der Waals surface area contributed by atoms with Crippen molar-refractivity contribution in [3.8, 4) is 0 Å². The van der Waals surface area contributed by atoms with Gasteiger partial charge in [-0.1, -0.05) is 0 Å². The zero-order valence-corrected chi connectivity index (χ0v) is 11.0. The number of amides is 1. The molecule has 1 saturated heterocycles. The third-order valence-corrected chi connectivity index (χ3v) is 2.55. The molecule has 1 amide bonds. The Balaban J connectivity index is 2.08. The molecule has 0 unspecified atom stereocenters. The van der Waals surface area contributed by atoms with Gasteiger partial charge in [0.25, 0.3) is 0 Å². The second kappa shape index (κ2) is 6.21. The van der Waals surface area contributed by atoms with Crippen LogP contribution in [0.5, 0.6) is 0 Å². The van der Waals surface area contributed by atoms with Gasteiger partial charge < -0.3 is 20.1 Å². The number of ether oxygens (including phenoxy) is 1. The Bertz CT molecular complexity index is 245. The Morgan fingerprint density at radius 1 is 1.47 bits per heavy atom. The molecule has 0 aromatic rings. The molecule has 2 N–H and O–H groups in total. The average Bonchev–Trinajstić information content (AvgIpc) is 2.11. The van der Waals surface area contributed by atoms with Crippen LogP contribution in [0, 0.1) is 5.92 Å². The van der Waals surface area contributed by atoms with Crippen LogP contribution in [0.15, 0.2) is 0 Å². The van der Waals surface area contributed by atoms with Crippen LogP contribution >= 0.6 is 0 Å². The summed E-state index contributed by atoms with van der Waals surface area (Å²) in [5, 5.41) is 11.9. The van der Waals surface area contributed by atoms with E-state index in [0.717, 1.165) is 32.6 Å². The summed E-state index contributed by atoms with van der Waals surface area (Å²) in [4.78, 5) is 13.3. The Morgan fingerprint density at radius 2 is 2.12 bits per heavy atom. The van der Waals surface area contributed by atoms with E-state index in [1.807, 2.05) is 20.8 Å². The molecule has 0 atom stereocenters. The number of hydrogen-bond acceptors (Lipinski definition) is 4. The van der Waals surface area contributed by atoms with Gasteiger partial charge in [-0.25, -0.2) is 4.79 Å². The summed E-state index contributed by atoms with van der Waals surface area (Å²) in [6, 6.07) is 0. The number of nitrogens with one attached hydrogen (secondary N) is 1. The van der Waals surface area contributed by atoms with Crippen LogP contribution in [0.4, 0.5) is 4.79 Å². The van der Waals surface area contributed by atoms with Crippen LogP contribution in [-0.4, -0.2) is 54.5 Å². The van der Waals surface area contributed by atoms with Gasteiger partial charge in [0, 0.05) is 32.2 Å². The van der Waals surface area contributed by atoms with Crippen LogP contribution in [-0.2, 0) is 4.74 Å². The SMILES string of the molecule is CC(C)(C)OC(=O)N1CC(CNCCCO)C1. The van der Waals surface area contributed by atoms with Crippen LogP contribution in [0.1, 0.15) is 27.2 Å². The minimum Gasteiger partial charge on any atom is -0.444 e. The van der Waals surface area contributed by atoms with Gasteiger partial charge in [0.15, 0.2) is 0 Å². The summed E-state index contributed by atoms with van der Waals surface area (Å²) >= 11 is 0. The van der Waals surface area contributed by atoms with Crippen molar-refractivity contribution in [2.24, 2.45) is 5.92 Å². The number of rotatable bonds is 5. The quantitative estimate of drug-likeness (QED) is 0.703. The number of hydrogen-bond donors (Lipinski definition) is 2. The summed E-state index contributed by atoms with van der Waals surface area (Å²) in [6.07, 6.45) is 0.562. The third-order valence-electron chi connectivity index (χ3n) is 2.55. The maximum atomic E-state index is 11.6. The second-order valence-corrected chi connectivity index (χ2v) is 5.53. The molecule has 17 heavy (non-hydrogen) atoms. The van der Waals surface area contributed by atoms with Crippen molar-refractivity contribution in [3.63, 3.8) is 0 Å². The number of carbonyl (C=O) groups excluding carboxylic acids is 1. The number of likely N-dealkylation sites (tertiary alicyclic amines) is 1. The van der Waals surface area contributed by atoms with Crippen LogP contribution < -0.4 is 5.32 Å². The molecule has 1 aliphatic rings. The van der Waals surface area contributed by atoms with Crippen LogP contribution in [0.25, 0.3) is 0 Å². The van der Waals surface area contributed by atoms with Gasteiger partial charge in [-0.05, 0) is 33.7 Å². The van der Waals surface area contributed by atoms with Gasteiger partial charge in [0.05, 0.1) is 0 Å². The lowest BCUT2D eigenvalue weighted by molar-refractivity contribution is -0.000748. The van der Waals surface area contributed by atoms with Crippen molar-refractivity contribution >= 4 is 6.09 Å². The minimum absolute atomic E-state index is 0.218. The molecule has 0 saturated carbocycles. The van der Waals surface area contributed by atoms with Gasteiger partial charge in [0.2, 0.25) is 0 Å². The first-order valence-electron chi connectivity index (χ1n) is 6.22. The summed E-state index contributed by atoms with van der Waals surface area (Å²) in [5.74, 6) is 0.515. The zero-order chi connectivity index (χ0) is 12.9. The molecular weight excluding hydrogens is 220 g/mol. The van der Waals surface area contributed by atoms with Crippen molar-refractivity contribution in [3.05, 3.63) is 0 Å². The van der Waals surface area contributed by atoms with E-state index in [1.54, 1.807) is 4.90 Å². The minimum atomic E-state index is -0.415. The summed E-state index contributed by atoms with van der Waals surface area (Å²) < 4.78 is 5.27. The maximum Gasteiger partial charge on any atom is 0.410 e. The lowest BCUT2D eigenvalue weighted by Gasteiger charge is -2.39. The molecule has 1 fully saturated rings. The van der Waals surface area contributed by atoms with Gasteiger partial charge in [-0.3, -0.25) is 0 Å². The molecule has 5 nitrogen and oxygen atoms in total. The number of nitrogens with zero attached hydrogens (tertiary/aromatic N) is 1. The van der Waals surface area contributed by atoms with Crippen molar-refractivity contribution in [2.45, 2.75) is 32.8 Å². The Hall–Kier alpha value is -0.810. The first-order valence-corrected chi connectivity index (χ1v) is 6.22. The standard InChI is InChI=1S/C12H24N2O3/c1-12(2,3)17-11(16)14-8-10(9-14)7-13-5-4-6-15/h10,13,15H,4-9H2,1-3H3. The van der Waals surface area contributed by atoms with Crippen molar-refractivity contribution in [2.75, 3.05) is 32.8 Å². The molecule has 0 radical (unpaired) electrons. The van der Waals surface area contributed by atoms with E-state index < -0.39 is 5.60 Å². The van der Waals surface area contributed by atoms with Crippen LogP contribution in [0.3, 0.4) is 0 Å². The van der Waals surface area contributed by atoms with E-state index in [4.69, 9.17) is 9.84 Å². The first kappa shape index (κ1) is 14.3. The first-order chi connectivity index (χ1) is 7.92. The number of aliphatic hydroxyl groups is 1. The van der Waals surface area contributed by atoms with E-state index in [9.17, 15) is 4.79 Å². The molecule has 0 aromatic heterocycles. The van der Waals surface area contributed by atoms with Gasteiger partial charge in [0.1, 0.15) is 5.60 Å². The Morgan fingerprint density at radius 3 is 2.65 bits per heavy atom. The average molecular weight is 244 g/mol. The molecule has 1 heterocycles. The van der Waals surface area contributed by atoms with Gasteiger partial charge in [-0.2, -0.15) is 0 Å². The molecule has 0 spiro atoms. The zero-order valence-electron chi connectivity index (χ0n) is 11.0. The Kier molecular flexibility index (Phi) is 5.21. The largest absolute Gasteiger partial charge is 0.444 e. The molecule has 100 valence electrons. The fraction of sp³-hybridized carbons (Fsp3) is 0.917. The molecular formula is C12H24N2O3. The van der Waals surface area contributed by atoms with Gasteiger partial charge in [-0.15, -0.1) is 0 Å². The smallest absolute Gasteiger partial charge is 0.410 e. The second-order valence-electron chi connectivity index (χ2n) is 5.53. The number of aliphatic hydroxyl groups excluding tert-OH is 1. The van der Waals surface area contributed by atoms with E-state index in [0.29, 0.717) is 5.92 Å². The highest BCUT2D eigenvalue weighted by atomic mass is 16.6. The third kappa shape index (κ3) is 5.37. The highest BCUT2D eigenvalue weighted by molar-refractivity contribution is 5.69. The molecule has 0 bridgehead atoms. The predicted molar refractivity (Wildman–Crippen MR) is 65.9 cm³/mol. The highest BCUT2D eigenvalue weighted by Gasteiger charge is 2.33. The maximum absolute atomic E-state index is 11.6. The van der Waals surface area contributed by atoms with E-state index >= 15 is 0 Å². The highest BCUT2D eigenvalue weighted by Crippen LogP contribution is 2.18. The van der Waals surface area contributed by atoms with Gasteiger partial charge >= 0.3 is 6.09 Å².